The lowest BCUT2D eigenvalue weighted by atomic mass is 9.99. The number of nitrogens with zero attached hydrogens (tertiary/aromatic N) is 2. The molecule has 2 aromatic rings. The highest BCUT2D eigenvalue weighted by molar-refractivity contribution is 5.55. The van der Waals surface area contributed by atoms with Gasteiger partial charge in [0.2, 0.25) is 0 Å². The van der Waals surface area contributed by atoms with Crippen molar-refractivity contribution < 1.29 is 4.74 Å². The molecule has 0 aliphatic rings. The Morgan fingerprint density at radius 2 is 1.56 bits per heavy atom. The Kier molecular flexibility index (Phi) is 7.12. The average Bonchev–Trinajstić information content (AvgIpc) is 2.57. The fraction of sp³-hybridized carbons (Fsp3) is 0.565. The molecule has 2 rings (SSSR count). The number of nitrogens with one attached hydrogen (secondary N) is 1. The maximum atomic E-state index is 5.73. The Morgan fingerprint density at radius 3 is 2.07 bits per heavy atom. The van der Waals surface area contributed by atoms with Gasteiger partial charge in [-0.05, 0) is 50.7 Å². The van der Waals surface area contributed by atoms with E-state index in [9.17, 15) is 0 Å². The molecule has 0 fully saturated rings. The molecule has 4 heteroatoms. The summed E-state index contributed by atoms with van der Waals surface area (Å²) in [5.41, 5.74) is 3.70. The van der Waals surface area contributed by atoms with Gasteiger partial charge in [0, 0.05) is 29.5 Å². The van der Waals surface area contributed by atoms with E-state index in [1.807, 2.05) is 12.4 Å². The van der Waals surface area contributed by atoms with Crippen molar-refractivity contribution in [1.29, 1.82) is 0 Å². The monoisotopic (exact) mass is 369 g/mol. The number of hydrogen-bond donors (Lipinski definition) is 1. The first-order chi connectivity index (χ1) is 12.5. The summed E-state index contributed by atoms with van der Waals surface area (Å²) in [5, 5.41) is 3.59. The van der Waals surface area contributed by atoms with Gasteiger partial charge < -0.3 is 10.1 Å². The van der Waals surface area contributed by atoms with Gasteiger partial charge in [-0.25, -0.2) is 9.97 Å². The van der Waals surface area contributed by atoms with Crippen molar-refractivity contribution >= 4 is 0 Å². The first kappa shape index (κ1) is 21.5. The Labute approximate surface area is 164 Å². The fourth-order valence-electron chi connectivity index (χ4n) is 2.86. The molecule has 0 saturated heterocycles. The normalized spacial score (nSPS) is 13.6. The van der Waals surface area contributed by atoms with Crippen molar-refractivity contribution in [1.82, 2.24) is 15.3 Å². The van der Waals surface area contributed by atoms with Gasteiger partial charge in [-0.1, -0.05) is 45.0 Å². The number of hydrogen-bond acceptors (Lipinski definition) is 4. The zero-order chi connectivity index (χ0) is 20.1. The van der Waals surface area contributed by atoms with Crippen LogP contribution in [0.25, 0.3) is 11.4 Å². The first-order valence-corrected chi connectivity index (χ1v) is 9.80. The SMILES string of the molecule is CC(NC(C)(C)C)c1ccc(-c2ncc(CCOCC(C)(C)C)cn2)cc1. The Balaban J connectivity index is 1.93. The third kappa shape index (κ3) is 7.77. The summed E-state index contributed by atoms with van der Waals surface area (Å²) in [4.78, 5) is 9.06. The molecule has 0 bridgehead atoms. The zero-order valence-corrected chi connectivity index (χ0v) is 18.0. The maximum absolute atomic E-state index is 5.73. The van der Waals surface area contributed by atoms with E-state index in [-0.39, 0.29) is 11.0 Å². The topological polar surface area (TPSA) is 47.0 Å². The van der Waals surface area contributed by atoms with E-state index in [1.165, 1.54) is 5.56 Å². The summed E-state index contributed by atoms with van der Waals surface area (Å²) >= 11 is 0. The zero-order valence-electron chi connectivity index (χ0n) is 18.0. The average molecular weight is 370 g/mol. The van der Waals surface area contributed by atoms with E-state index >= 15 is 0 Å². The minimum absolute atomic E-state index is 0.0909. The molecular formula is C23H35N3O. The molecule has 1 aromatic carbocycles. The molecule has 0 radical (unpaired) electrons. The Morgan fingerprint density at radius 1 is 0.963 bits per heavy atom. The highest BCUT2D eigenvalue weighted by Crippen LogP contribution is 2.21. The standard InChI is InChI=1S/C23H35N3O/c1-17(26-23(5,6)7)19-8-10-20(11-9-19)21-24-14-18(15-25-21)12-13-27-16-22(2,3)4/h8-11,14-15,17,26H,12-13,16H2,1-7H3. The van der Waals surface area contributed by atoms with Crippen molar-refractivity contribution in [3.05, 3.63) is 47.8 Å². The van der Waals surface area contributed by atoms with E-state index in [2.05, 4.69) is 88.0 Å². The fourth-order valence-corrected chi connectivity index (χ4v) is 2.86. The minimum Gasteiger partial charge on any atom is -0.381 e. The van der Waals surface area contributed by atoms with E-state index in [1.54, 1.807) is 0 Å². The van der Waals surface area contributed by atoms with Crippen molar-refractivity contribution in [3.63, 3.8) is 0 Å². The van der Waals surface area contributed by atoms with Gasteiger partial charge in [0.25, 0.3) is 0 Å². The summed E-state index contributed by atoms with van der Waals surface area (Å²) in [7, 11) is 0. The molecule has 1 unspecified atom stereocenters. The summed E-state index contributed by atoms with van der Waals surface area (Å²) < 4.78 is 5.73. The smallest absolute Gasteiger partial charge is 0.159 e. The summed E-state index contributed by atoms with van der Waals surface area (Å²) in [6, 6.07) is 8.79. The molecule has 148 valence electrons. The van der Waals surface area contributed by atoms with Gasteiger partial charge in [-0.3, -0.25) is 0 Å². The second kappa shape index (κ2) is 8.94. The van der Waals surface area contributed by atoms with E-state index < -0.39 is 0 Å². The van der Waals surface area contributed by atoms with Gasteiger partial charge in [-0.2, -0.15) is 0 Å². The lowest BCUT2D eigenvalue weighted by molar-refractivity contribution is 0.0733. The third-order valence-electron chi connectivity index (χ3n) is 4.09. The molecule has 0 spiro atoms. The molecule has 0 aliphatic heterocycles. The van der Waals surface area contributed by atoms with Crippen LogP contribution in [-0.2, 0) is 11.2 Å². The predicted molar refractivity (Wildman–Crippen MR) is 113 cm³/mol. The van der Waals surface area contributed by atoms with Gasteiger partial charge >= 0.3 is 0 Å². The molecule has 27 heavy (non-hydrogen) atoms. The quantitative estimate of drug-likeness (QED) is 0.682. The Hall–Kier alpha value is -1.78. The molecule has 0 aliphatic carbocycles. The molecule has 1 aromatic heterocycles. The second-order valence-corrected chi connectivity index (χ2v) is 9.52. The molecule has 4 nitrogen and oxygen atoms in total. The van der Waals surface area contributed by atoms with Crippen LogP contribution in [0, 0.1) is 5.41 Å². The van der Waals surface area contributed by atoms with Crippen LogP contribution in [0.5, 0.6) is 0 Å². The summed E-state index contributed by atoms with van der Waals surface area (Å²) in [6.45, 7) is 16.7. The number of rotatable bonds is 7. The third-order valence-corrected chi connectivity index (χ3v) is 4.09. The van der Waals surface area contributed by atoms with Gasteiger partial charge in [0.05, 0.1) is 13.2 Å². The first-order valence-electron chi connectivity index (χ1n) is 9.80. The van der Waals surface area contributed by atoms with Crippen LogP contribution in [-0.4, -0.2) is 28.7 Å². The number of benzene rings is 1. The Bertz CT molecular complexity index is 694. The van der Waals surface area contributed by atoms with Crippen LogP contribution >= 0.6 is 0 Å². The van der Waals surface area contributed by atoms with Gasteiger partial charge in [-0.15, -0.1) is 0 Å². The summed E-state index contributed by atoms with van der Waals surface area (Å²) in [6.07, 6.45) is 4.65. The lowest BCUT2D eigenvalue weighted by Gasteiger charge is -2.26. The van der Waals surface area contributed by atoms with E-state index in [0.717, 1.165) is 30.0 Å². The molecule has 1 atom stereocenters. The number of ether oxygens (including phenoxy) is 1. The molecule has 0 saturated carbocycles. The van der Waals surface area contributed by atoms with E-state index in [4.69, 9.17) is 4.74 Å². The van der Waals surface area contributed by atoms with Crippen LogP contribution < -0.4 is 5.32 Å². The largest absolute Gasteiger partial charge is 0.381 e. The van der Waals surface area contributed by atoms with Crippen molar-refractivity contribution in [2.24, 2.45) is 5.41 Å². The predicted octanol–water partition coefficient (Wildman–Crippen LogP) is 5.20. The van der Waals surface area contributed by atoms with Crippen LogP contribution in [0.3, 0.4) is 0 Å². The van der Waals surface area contributed by atoms with E-state index in [0.29, 0.717) is 12.6 Å². The maximum Gasteiger partial charge on any atom is 0.159 e. The van der Waals surface area contributed by atoms with Crippen LogP contribution in [0.1, 0.15) is 65.6 Å². The minimum atomic E-state index is 0.0909. The molecule has 1 N–H and O–H groups in total. The molecule has 0 amide bonds. The second-order valence-electron chi connectivity index (χ2n) is 9.52. The van der Waals surface area contributed by atoms with Crippen LogP contribution in [0.2, 0.25) is 0 Å². The van der Waals surface area contributed by atoms with Crippen molar-refractivity contribution in [2.75, 3.05) is 13.2 Å². The van der Waals surface area contributed by atoms with Crippen molar-refractivity contribution in [3.8, 4) is 11.4 Å². The highest BCUT2D eigenvalue weighted by atomic mass is 16.5. The lowest BCUT2D eigenvalue weighted by Crippen LogP contribution is -2.37. The van der Waals surface area contributed by atoms with Gasteiger partial charge in [0.1, 0.15) is 0 Å². The molecule has 1 heterocycles. The van der Waals surface area contributed by atoms with Crippen LogP contribution in [0.4, 0.5) is 0 Å². The van der Waals surface area contributed by atoms with Crippen LogP contribution in [0.15, 0.2) is 36.7 Å². The summed E-state index contributed by atoms with van der Waals surface area (Å²) in [5.74, 6) is 0.761. The van der Waals surface area contributed by atoms with Crippen molar-refractivity contribution in [2.45, 2.75) is 66.5 Å². The highest BCUT2D eigenvalue weighted by Gasteiger charge is 2.15. The van der Waals surface area contributed by atoms with Gasteiger partial charge in [0.15, 0.2) is 5.82 Å². The molecular weight excluding hydrogens is 334 g/mol. The number of aromatic nitrogens is 2.